The molecule has 1 aromatic heterocycles. The highest BCUT2D eigenvalue weighted by Gasteiger charge is 2.06. The average Bonchev–Trinajstić information content (AvgIpc) is 2.50. The van der Waals surface area contributed by atoms with Gasteiger partial charge in [-0.1, -0.05) is 6.92 Å². The van der Waals surface area contributed by atoms with Crippen molar-refractivity contribution in [1.29, 1.82) is 0 Å². The van der Waals surface area contributed by atoms with Gasteiger partial charge >= 0.3 is 0 Å². The normalized spacial score (nSPS) is 9.64. The number of hydrogen-bond acceptors (Lipinski definition) is 2. The zero-order chi connectivity index (χ0) is 8.27. The van der Waals surface area contributed by atoms with Crippen LogP contribution in [0.3, 0.4) is 0 Å². The Bertz CT molecular complexity index is 254. The highest BCUT2D eigenvalue weighted by atomic mass is 16.1. The summed E-state index contributed by atoms with van der Waals surface area (Å²) < 4.78 is 0. The Labute approximate surface area is 65.0 Å². The molecule has 0 spiro atoms. The summed E-state index contributed by atoms with van der Waals surface area (Å²) in [5.41, 5.74) is 1.17. The molecular formula is C7H10N3O. The molecule has 1 rings (SSSR count). The summed E-state index contributed by atoms with van der Waals surface area (Å²) in [7, 11) is 1.57. The summed E-state index contributed by atoms with van der Waals surface area (Å²) in [5, 5.41) is 8.93. The van der Waals surface area contributed by atoms with E-state index in [-0.39, 0.29) is 5.91 Å². The van der Waals surface area contributed by atoms with Crippen LogP contribution < -0.4 is 5.32 Å². The summed E-state index contributed by atoms with van der Waals surface area (Å²) in [6.45, 7) is 1.96. The molecule has 4 nitrogen and oxygen atoms in total. The Morgan fingerprint density at radius 2 is 2.55 bits per heavy atom. The van der Waals surface area contributed by atoms with Gasteiger partial charge in [0.25, 0.3) is 5.91 Å². The maximum absolute atomic E-state index is 10.9. The van der Waals surface area contributed by atoms with Crippen molar-refractivity contribution in [2.45, 2.75) is 13.3 Å². The molecular weight excluding hydrogens is 142 g/mol. The summed E-state index contributed by atoms with van der Waals surface area (Å²) in [6.07, 6.45) is 0.785. The van der Waals surface area contributed by atoms with E-state index in [1.807, 2.05) is 6.92 Å². The largest absolute Gasteiger partial charge is 0.354 e. The van der Waals surface area contributed by atoms with Crippen LogP contribution in [0, 0.1) is 6.07 Å². The minimum absolute atomic E-state index is 0.183. The Balaban J connectivity index is 2.80. The molecule has 0 fully saturated rings. The van der Waals surface area contributed by atoms with Crippen LogP contribution in [0.5, 0.6) is 0 Å². The third-order valence-electron chi connectivity index (χ3n) is 1.36. The second kappa shape index (κ2) is 3.18. The van der Waals surface area contributed by atoms with E-state index < -0.39 is 0 Å². The van der Waals surface area contributed by atoms with Crippen molar-refractivity contribution >= 4 is 5.91 Å². The fraction of sp³-hybridized carbons (Fsp3) is 0.429. The molecule has 0 unspecified atom stereocenters. The van der Waals surface area contributed by atoms with Gasteiger partial charge in [0.05, 0.1) is 5.69 Å². The highest BCUT2D eigenvalue weighted by Crippen LogP contribution is 1.97. The lowest BCUT2D eigenvalue weighted by Gasteiger charge is -1.90. The number of carbonyl (C=O) groups excluding carboxylic acids is 1. The van der Waals surface area contributed by atoms with Gasteiger partial charge in [-0.3, -0.25) is 9.89 Å². The molecule has 0 saturated heterocycles. The van der Waals surface area contributed by atoms with Crippen molar-refractivity contribution in [3.8, 4) is 0 Å². The number of aryl methyl sites for hydroxylation is 1. The van der Waals surface area contributed by atoms with Gasteiger partial charge in [0.1, 0.15) is 5.69 Å². The van der Waals surface area contributed by atoms with Crippen LogP contribution in [-0.2, 0) is 6.42 Å². The van der Waals surface area contributed by atoms with Crippen molar-refractivity contribution in [2.24, 2.45) is 0 Å². The lowest BCUT2D eigenvalue weighted by Crippen LogP contribution is -2.18. The smallest absolute Gasteiger partial charge is 0.269 e. The lowest BCUT2D eigenvalue weighted by molar-refractivity contribution is 0.0958. The Morgan fingerprint density at radius 3 is 3.00 bits per heavy atom. The summed E-state index contributed by atoms with van der Waals surface area (Å²) in [5.74, 6) is -0.183. The number of nitrogens with zero attached hydrogens (tertiary/aromatic N) is 1. The second-order valence-corrected chi connectivity index (χ2v) is 2.10. The van der Waals surface area contributed by atoms with Crippen molar-refractivity contribution in [1.82, 2.24) is 15.5 Å². The molecule has 0 aliphatic heterocycles. The standard InChI is InChI=1S/C7H10N3O/c1-3-5-4-6(10-9-5)7(11)8-2/h3H2,1-2H3,(H,8,11)(H,9,10). The van der Waals surface area contributed by atoms with Crippen molar-refractivity contribution in [3.63, 3.8) is 0 Å². The van der Waals surface area contributed by atoms with Crippen LogP contribution in [0.1, 0.15) is 23.1 Å². The van der Waals surface area contributed by atoms with Gasteiger partial charge in [0, 0.05) is 13.1 Å². The molecule has 1 heterocycles. The third kappa shape index (κ3) is 1.58. The van der Waals surface area contributed by atoms with Gasteiger partial charge in [-0.05, 0) is 6.42 Å². The van der Waals surface area contributed by atoms with Crippen LogP contribution in [-0.4, -0.2) is 23.2 Å². The van der Waals surface area contributed by atoms with Gasteiger partial charge in [-0.25, -0.2) is 0 Å². The second-order valence-electron chi connectivity index (χ2n) is 2.10. The Kier molecular flexibility index (Phi) is 2.25. The predicted molar refractivity (Wildman–Crippen MR) is 40.2 cm³/mol. The van der Waals surface area contributed by atoms with Crippen LogP contribution in [0.4, 0.5) is 0 Å². The molecule has 0 atom stereocenters. The van der Waals surface area contributed by atoms with E-state index in [9.17, 15) is 4.79 Å². The minimum atomic E-state index is -0.183. The number of hydrogen-bond donors (Lipinski definition) is 2. The topological polar surface area (TPSA) is 57.8 Å². The zero-order valence-electron chi connectivity index (χ0n) is 6.56. The number of aromatic amines is 1. The first-order valence-electron chi connectivity index (χ1n) is 3.46. The van der Waals surface area contributed by atoms with Gasteiger partial charge in [0.2, 0.25) is 0 Å². The fourth-order valence-corrected chi connectivity index (χ4v) is 0.724. The molecule has 0 aliphatic carbocycles. The van der Waals surface area contributed by atoms with E-state index in [0.29, 0.717) is 5.69 Å². The molecule has 1 aromatic rings. The van der Waals surface area contributed by atoms with Gasteiger partial charge in [-0.15, -0.1) is 0 Å². The number of carbonyl (C=O) groups is 1. The van der Waals surface area contributed by atoms with Gasteiger partial charge in [0.15, 0.2) is 0 Å². The molecule has 0 saturated carbocycles. The van der Waals surface area contributed by atoms with Crippen molar-refractivity contribution < 1.29 is 4.79 Å². The summed E-state index contributed by atoms with van der Waals surface area (Å²) in [6, 6.07) is 2.83. The first-order chi connectivity index (χ1) is 5.27. The zero-order valence-corrected chi connectivity index (χ0v) is 6.56. The fourth-order valence-electron chi connectivity index (χ4n) is 0.724. The molecule has 1 amide bonds. The maximum atomic E-state index is 10.9. The molecule has 0 aliphatic rings. The Morgan fingerprint density at radius 1 is 1.82 bits per heavy atom. The summed E-state index contributed by atoms with van der Waals surface area (Å²) >= 11 is 0. The van der Waals surface area contributed by atoms with Crippen LogP contribution in [0.15, 0.2) is 0 Å². The number of aromatic nitrogens is 2. The van der Waals surface area contributed by atoms with Gasteiger partial charge < -0.3 is 5.32 Å². The molecule has 0 aromatic carbocycles. The van der Waals surface area contributed by atoms with Gasteiger partial charge in [-0.2, -0.15) is 5.10 Å². The molecule has 11 heavy (non-hydrogen) atoms. The Hall–Kier alpha value is -1.32. The van der Waals surface area contributed by atoms with Crippen LogP contribution >= 0.6 is 0 Å². The van der Waals surface area contributed by atoms with Crippen LogP contribution in [0.2, 0.25) is 0 Å². The summed E-state index contributed by atoms with van der Waals surface area (Å²) in [4.78, 5) is 10.9. The quantitative estimate of drug-likeness (QED) is 0.633. The number of nitrogens with one attached hydrogen (secondary N) is 2. The van der Waals surface area contributed by atoms with Crippen molar-refractivity contribution in [3.05, 3.63) is 17.5 Å². The monoisotopic (exact) mass is 152 g/mol. The van der Waals surface area contributed by atoms with E-state index in [0.717, 1.165) is 12.1 Å². The lowest BCUT2D eigenvalue weighted by atomic mass is 10.3. The third-order valence-corrected chi connectivity index (χ3v) is 1.36. The predicted octanol–water partition coefficient (Wildman–Crippen LogP) is 0.132. The molecule has 1 radical (unpaired) electrons. The molecule has 4 heteroatoms. The van der Waals surface area contributed by atoms with E-state index in [4.69, 9.17) is 0 Å². The minimum Gasteiger partial charge on any atom is -0.354 e. The molecule has 59 valence electrons. The van der Waals surface area contributed by atoms with E-state index in [2.05, 4.69) is 21.6 Å². The average molecular weight is 152 g/mol. The first kappa shape index (κ1) is 7.78. The molecule has 2 N–H and O–H groups in total. The maximum Gasteiger partial charge on any atom is 0.269 e. The van der Waals surface area contributed by atoms with E-state index in [1.165, 1.54) is 0 Å². The number of H-pyrrole nitrogens is 1. The number of amides is 1. The van der Waals surface area contributed by atoms with E-state index >= 15 is 0 Å². The first-order valence-corrected chi connectivity index (χ1v) is 3.46. The van der Waals surface area contributed by atoms with E-state index in [1.54, 1.807) is 7.05 Å². The van der Waals surface area contributed by atoms with Crippen LogP contribution in [0.25, 0.3) is 0 Å². The number of rotatable bonds is 2. The SMILES string of the molecule is CCc1[c]c(C(=O)NC)[nH]n1. The van der Waals surface area contributed by atoms with Crippen molar-refractivity contribution in [2.75, 3.05) is 7.05 Å². The molecule has 0 bridgehead atoms. The highest BCUT2D eigenvalue weighted by molar-refractivity contribution is 5.91.